The third-order valence-electron chi connectivity index (χ3n) is 2.95. The molecule has 2 rings (SSSR count). The molecule has 0 unspecified atom stereocenters. The molecule has 0 saturated carbocycles. The molecular weight excluding hydrogens is 284 g/mol. The van der Waals surface area contributed by atoms with E-state index < -0.39 is 0 Å². The molecule has 1 amide bonds. The Morgan fingerprint density at radius 3 is 2.68 bits per heavy atom. The predicted molar refractivity (Wildman–Crippen MR) is 80.2 cm³/mol. The van der Waals surface area contributed by atoms with Crippen molar-refractivity contribution in [2.75, 3.05) is 11.9 Å². The SMILES string of the molecule is Cc1cc(NC(=O)CCC(=O)OCCc2ccccc2)no1. The minimum absolute atomic E-state index is 0.0391. The van der Waals surface area contributed by atoms with Gasteiger partial charge in [-0.1, -0.05) is 35.5 Å². The predicted octanol–water partition coefficient (Wildman–Crippen LogP) is 2.49. The highest BCUT2D eigenvalue weighted by molar-refractivity contribution is 5.91. The molecule has 6 nitrogen and oxygen atoms in total. The molecular formula is C16H18N2O4. The van der Waals surface area contributed by atoms with Gasteiger partial charge < -0.3 is 14.6 Å². The van der Waals surface area contributed by atoms with Crippen molar-refractivity contribution < 1.29 is 18.8 Å². The number of carbonyl (C=O) groups excluding carboxylic acids is 2. The van der Waals surface area contributed by atoms with E-state index in [2.05, 4.69) is 10.5 Å². The maximum Gasteiger partial charge on any atom is 0.306 e. The Hall–Kier alpha value is -2.63. The molecule has 0 saturated heterocycles. The molecule has 22 heavy (non-hydrogen) atoms. The first kappa shape index (κ1) is 15.8. The van der Waals surface area contributed by atoms with Crippen LogP contribution in [0.3, 0.4) is 0 Å². The first-order valence-electron chi connectivity index (χ1n) is 7.06. The quantitative estimate of drug-likeness (QED) is 0.795. The summed E-state index contributed by atoms with van der Waals surface area (Å²) in [7, 11) is 0. The molecule has 1 heterocycles. The molecule has 1 aromatic carbocycles. The highest BCUT2D eigenvalue weighted by Gasteiger charge is 2.10. The van der Waals surface area contributed by atoms with E-state index in [1.807, 2.05) is 30.3 Å². The van der Waals surface area contributed by atoms with Gasteiger partial charge in [0.15, 0.2) is 5.82 Å². The van der Waals surface area contributed by atoms with Crippen LogP contribution in [-0.2, 0) is 20.7 Å². The topological polar surface area (TPSA) is 81.4 Å². The zero-order chi connectivity index (χ0) is 15.8. The summed E-state index contributed by atoms with van der Waals surface area (Å²) in [6.45, 7) is 2.04. The second-order valence-corrected chi connectivity index (χ2v) is 4.83. The van der Waals surface area contributed by atoms with Crippen molar-refractivity contribution >= 4 is 17.7 Å². The Morgan fingerprint density at radius 1 is 1.23 bits per heavy atom. The Morgan fingerprint density at radius 2 is 2.00 bits per heavy atom. The van der Waals surface area contributed by atoms with Crippen LogP contribution in [0, 0.1) is 6.92 Å². The summed E-state index contributed by atoms with van der Waals surface area (Å²) < 4.78 is 9.93. The lowest BCUT2D eigenvalue weighted by Crippen LogP contribution is -2.15. The van der Waals surface area contributed by atoms with Crippen molar-refractivity contribution in [2.24, 2.45) is 0 Å². The van der Waals surface area contributed by atoms with Gasteiger partial charge in [-0.15, -0.1) is 0 Å². The summed E-state index contributed by atoms with van der Waals surface area (Å²) in [5, 5.41) is 6.19. The molecule has 0 spiro atoms. The molecule has 0 fully saturated rings. The zero-order valence-corrected chi connectivity index (χ0v) is 12.4. The van der Waals surface area contributed by atoms with Gasteiger partial charge in [-0.3, -0.25) is 9.59 Å². The maximum absolute atomic E-state index is 11.6. The third kappa shape index (κ3) is 5.40. The van der Waals surface area contributed by atoms with E-state index >= 15 is 0 Å². The van der Waals surface area contributed by atoms with Gasteiger partial charge in [0.05, 0.1) is 13.0 Å². The van der Waals surface area contributed by atoms with Crippen molar-refractivity contribution in [2.45, 2.75) is 26.2 Å². The summed E-state index contributed by atoms with van der Waals surface area (Å²) in [6.07, 6.45) is 0.754. The van der Waals surface area contributed by atoms with Crippen LogP contribution in [0.4, 0.5) is 5.82 Å². The van der Waals surface area contributed by atoms with Crippen LogP contribution in [-0.4, -0.2) is 23.6 Å². The summed E-state index contributed by atoms with van der Waals surface area (Å²) in [4.78, 5) is 23.2. The lowest BCUT2D eigenvalue weighted by Gasteiger charge is -2.05. The van der Waals surface area contributed by atoms with Crippen LogP contribution in [0.5, 0.6) is 0 Å². The van der Waals surface area contributed by atoms with E-state index in [1.165, 1.54) is 0 Å². The van der Waals surface area contributed by atoms with Crippen LogP contribution in [0.25, 0.3) is 0 Å². The number of carbonyl (C=O) groups is 2. The number of ether oxygens (including phenoxy) is 1. The van der Waals surface area contributed by atoms with Crippen molar-refractivity contribution in [1.29, 1.82) is 0 Å². The number of hydrogen-bond acceptors (Lipinski definition) is 5. The molecule has 0 aliphatic carbocycles. The molecule has 1 aromatic heterocycles. The normalized spacial score (nSPS) is 10.2. The fourth-order valence-corrected chi connectivity index (χ4v) is 1.85. The standard InChI is InChI=1S/C16H18N2O4/c1-12-11-14(18-22-12)17-15(19)7-8-16(20)21-10-9-13-5-3-2-4-6-13/h2-6,11H,7-10H2,1H3,(H,17,18,19). The second-order valence-electron chi connectivity index (χ2n) is 4.83. The molecule has 0 bridgehead atoms. The number of anilines is 1. The monoisotopic (exact) mass is 302 g/mol. The van der Waals surface area contributed by atoms with Crippen molar-refractivity contribution in [3.63, 3.8) is 0 Å². The Bertz CT molecular complexity index is 622. The van der Waals surface area contributed by atoms with Crippen LogP contribution >= 0.6 is 0 Å². The summed E-state index contributed by atoms with van der Waals surface area (Å²) in [5.74, 6) is 0.270. The van der Waals surface area contributed by atoms with E-state index in [0.29, 0.717) is 24.6 Å². The zero-order valence-electron chi connectivity index (χ0n) is 12.4. The maximum atomic E-state index is 11.6. The van der Waals surface area contributed by atoms with Gasteiger partial charge in [0, 0.05) is 18.9 Å². The fraction of sp³-hybridized carbons (Fsp3) is 0.312. The Balaban J connectivity index is 1.62. The van der Waals surface area contributed by atoms with E-state index in [4.69, 9.17) is 9.26 Å². The molecule has 116 valence electrons. The first-order chi connectivity index (χ1) is 10.6. The van der Waals surface area contributed by atoms with Gasteiger partial charge in [-0.2, -0.15) is 0 Å². The van der Waals surface area contributed by atoms with Crippen molar-refractivity contribution in [3.8, 4) is 0 Å². The minimum atomic E-state index is -0.387. The largest absolute Gasteiger partial charge is 0.465 e. The minimum Gasteiger partial charge on any atom is -0.465 e. The van der Waals surface area contributed by atoms with E-state index in [9.17, 15) is 9.59 Å². The number of nitrogens with zero attached hydrogens (tertiary/aromatic N) is 1. The smallest absolute Gasteiger partial charge is 0.306 e. The van der Waals surface area contributed by atoms with Crippen molar-refractivity contribution in [3.05, 3.63) is 47.7 Å². The summed E-state index contributed by atoms with van der Waals surface area (Å²) in [6, 6.07) is 11.4. The van der Waals surface area contributed by atoms with E-state index in [1.54, 1.807) is 13.0 Å². The average Bonchev–Trinajstić information content (AvgIpc) is 2.91. The van der Waals surface area contributed by atoms with Gasteiger partial charge in [0.1, 0.15) is 5.76 Å². The summed E-state index contributed by atoms with van der Waals surface area (Å²) in [5.41, 5.74) is 1.11. The second kappa shape index (κ2) is 7.97. The Kier molecular flexibility index (Phi) is 5.71. The lowest BCUT2D eigenvalue weighted by molar-refractivity contribution is -0.144. The number of nitrogens with one attached hydrogen (secondary N) is 1. The molecule has 1 N–H and O–H groups in total. The number of esters is 1. The van der Waals surface area contributed by atoms with Crippen LogP contribution in [0.2, 0.25) is 0 Å². The summed E-state index contributed by atoms with van der Waals surface area (Å²) >= 11 is 0. The number of hydrogen-bond donors (Lipinski definition) is 1. The fourth-order valence-electron chi connectivity index (χ4n) is 1.85. The number of aryl methyl sites for hydroxylation is 1. The van der Waals surface area contributed by atoms with Crippen LogP contribution in [0.1, 0.15) is 24.2 Å². The van der Waals surface area contributed by atoms with E-state index in [0.717, 1.165) is 5.56 Å². The van der Waals surface area contributed by atoms with Crippen LogP contribution < -0.4 is 5.32 Å². The lowest BCUT2D eigenvalue weighted by atomic mass is 10.2. The highest BCUT2D eigenvalue weighted by Crippen LogP contribution is 2.08. The van der Waals surface area contributed by atoms with E-state index in [-0.39, 0.29) is 24.7 Å². The number of aromatic nitrogens is 1. The molecule has 0 atom stereocenters. The molecule has 0 aliphatic heterocycles. The van der Waals surface area contributed by atoms with Crippen molar-refractivity contribution in [1.82, 2.24) is 5.16 Å². The first-order valence-corrected chi connectivity index (χ1v) is 7.06. The average molecular weight is 302 g/mol. The number of benzene rings is 1. The number of rotatable bonds is 7. The molecule has 2 aromatic rings. The van der Waals surface area contributed by atoms with Gasteiger partial charge in [-0.25, -0.2) is 0 Å². The molecule has 0 aliphatic rings. The van der Waals surface area contributed by atoms with Gasteiger partial charge in [0.2, 0.25) is 5.91 Å². The highest BCUT2D eigenvalue weighted by atomic mass is 16.5. The molecule has 0 radical (unpaired) electrons. The van der Waals surface area contributed by atoms with Crippen LogP contribution in [0.15, 0.2) is 40.9 Å². The van der Waals surface area contributed by atoms with Gasteiger partial charge in [-0.05, 0) is 12.5 Å². The molecule has 6 heteroatoms. The van der Waals surface area contributed by atoms with Gasteiger partial charge >= 0.3 is 5.97 Å². The third-order valence-corrected chi connectivity index (χ3v) is 2.95. The Labute approximate surface area is 128 Å². The number of amides is 1. The van der Waals surface area contributed by atoms with Gasteiger partial charge in [0.25, 0.3) is 0 Å².